The van der Waals surface area contributed by atoms with Crippen LogP contribution in [0.2, 0.25) is 0 Å². The predicted molar refractivity (Wildman–Crippen MR) is 67.3 cm³/mol. The normalized spacial score (nSPS) is 16.3. The number of rotatable bonds is 9. The van der Waals surface area contributed by atoms with Gasteiger partial charge in [0.1, 0.15) is 6.61 Å². The average Bonchev–Trinajstić information content (AvgIpc) is 3.15. The number of amides is 1. The zero-order chi connectivity index (χ0) is 13.5. The molecule has 0 aliphatic heterocycles. The number of carboxylic acids is 1. The van der Waals surface area contributed by atoms with Crippen molar-refractivity contribution in [3.05, 3.63) is 0 Å². The quantitative estimate of drug-likeness (QED) is 0.636. The summed E-state index contributed by atoms with van der Waals surface area (Å²) in [5, 5.41) is 8.89. The zero-order valence-electron chi connectivity index (χ0n) is 11.2. The molecule has 18 heavy (non-hydrogen) atoms. The van der Waals surface area contributed by atoms with Crippen molar-refractivity contribution in [2.75, 3.05) is 19.8 Å². The van der Waals surface area contributed by atoms with Crippen molar-refractivity contribution in [2.24, 2.45) is 5.92 Å². The fraction of sp³-hybridized carbons (Fsp3) is 0.846. The van der Waals surface area contributed by atoms with Crippen LogP contribution in [0.5, 0.6) is 0 Å². The third-order valence-electron chi connectivity index (χ3n) is 3.07. The minimum atomic E-state index is -0.861. The summed E-state index contributed by atoms with van der Waals surface area (Å²) < 4.78 is 5.30. The van der Waals surface area contributed by atoms with E-state index in [9.17, 15) is 9.59 Å². The molecule has 104 valence electrons. The van der Waals surface area contributed by atoms with Gasteiger partial charge in [0.25, 0.3) is 0 Å². The van der Waals surface area contributed by atoms with Crippen LogP contribution in [0.1, 0.15) is 39.5 Å². The van der Waals surface area contributed by atoms with Crippen LogP contribution in [0.25, 0.3) is 0 Å². The van der Waals surface area contributed by atoms with Gasteiger partial charge in [-0.1, -0.05) is 20.3 Å². The summed E-state index contributed by atoms with van der Waals surface area (Å²) in [6.45, 7) is 4.65. The van der Waals surface area contributed by atoms with Gasteiger partial charge in [0.2, 0.25) is 5.91 Å². The van der Waals surface area contributed by atoms with E-state index >= 15 is 0 Å². The third-order valence-corrected chi connectivity index (χ3v) is 3.07. The van der Waals surface area contributed by atoms with Crippen LogP contribution in [0.15, 0.2) is 0 Å². The largest absolute Gasteiger partial charge is 0.481 e. The molecule has 1 rings (SSSR count). The van der Waals surface area contributed by atoms with Crippen molar-refractivity contribution in [1.29, 1.82) is 0 Å². The highest BCUT2D eigenvalue weighted by Gasteiger charge is 2.34. The molecule has 1 aliphatic carbocycles. The molecule has 0 bridgehead atoms. The van der Waals surface area contributed by atoms with Gasteiger partial charge in [0.05, 0.1) is 5.92 Å². The molecule has 0 aromatic rings. The van der Waals surface area contributed by atoms with Crippen LogP contribution in [0.3, 0.4) is 0 Å². The molecule has 0 radical (unpaired) electrons. The molecule has 1 saturated carbocycles. The predicted octanol–water partition coefficient (Wildman–Crippen LogP) is 1.51. The molecule has 0 spiro atoms. The molecule has 1 amide bonds. The Bertz CT molecular complexity index is 289. The first-order valence-electron chi connectivity index (χ1n) is 6.66. The van der Waals surface area contributed by atoms with E-state index in [0.717, 1.165) is 25.7 Å². The van der Waals surface area contributed by atoms with E-state index in [2.05, 4.69) is 6.92 Å². The Balaban J connectivity index is 2.36. The second-order valence-corrected chi connectivity index (χ2v) is 4.92. The van der Waals surface area contributed by atoms with Gasteiger partial charge in [-0.3, -0.25) is 9.59 Å². The van der Waals surface area contributed by atoms with Crippen molar-refractivity contribution in [3.63, 3.8) is 0 Å². The van der Waals surface area contributed by atoms with Gasteiger partial charge in [0.15, 0.2) is 0 Å². The molecule has 5 nitrogen and oxygen atoms in total. The fourth-order valence-electron chi connectivity index (χ4n) is 1.70. The Labute approximate surface area is 108 Å². The molecule has 0 aromatic carbocycles. The first-order chi connectivity index (χ1) is 8.56. The van der Waals surface area contributed by atoms with Crippen molar-refractivity contribution < 1.29 is 19.4 Å². The Morgan fingerprint density at radius 3 is 2.61 bits per heavy atom. The minimum absolute atomic E-state index is 0.0723. The van der Waals surface area contributed by atoms with Crippen LogP contribution in [0.4, 0.5) is 0 Å². The van der Waals surface area contributed by atoms with E-state index in [0.29, 0.717) is 6.61 Å². The van der Waals surface area contributed by atoms with Gasteiger partial charge in [0, 0.05) is 19.2 Å². The fourth-order valence-corrected chi connectivity index (χ4v) is 1.70. The van der Waals surface area contributed by atoms with E-state index in [-0.39, 0.29) is 25.1 Å². The van der Waals surface area contributed by atoms with Crippen molar-refractivity contribution in [2.45, 2.75) is 45.6 Å². The van der Waals surface area contributed by atoms with Crippen molar-refractivity contribution in [1.82, 2.24) is 4.90 Å². The van der Waals surface area contributed by atoms with Gasteiger partial charge >= 0.3 is 5.97 Å². The lowest BCUT2D eigenvalue weighted by atomic mass is 10.1. The molecule has 0 aromatic heterocycles. The van der Waals surface area contributed by atoms with Gasteiger partial charge in [-0.15, -0.1) is 0 Å². The number of unbranched alkanes of at least 4 members (excludes halogenated alkanes) is 1. The molecule has 1 unspecified atom stereocenters. The zero-order valence-corrected chi connectivity index (χ0v) is 11.2. The summed E-state index contributed by atoms with van der Waals surface area (Å²) in [5.41, 5.74) is 0. The van der Waals surface area contributed by atoms with Gasteiger partial charge in [-0.05, 0) is 19.3 Å². The van der Waals surface area contributed by atoms with E-state index in [4.69, 9.17) is 9.84 Å². The number of carbonyl (C=O) groups is 2. The maximum Gasteiger partial charge on any atom is 0.308 e. The number of aliphatic carboxylic acids is 1. The second-order valence-electron chi connectivity index (χ2n) is 4.92. The molecule has 1 aliphatic rings. The van der Waals surface area contributed by atoms with Gasteiger partial charge < -0.3 is 14.7 Å². The smallest absolute Gasteiger partial charge is 0.308 e. The minimum Gasteiger partial charge on any atom is -0.481 e. The monoisotopic (exact) mass is 257 g/mol. The first kappa shape index (κ1) is 15.0. The van der Waals surface area contributed by atoms with Crippen molar-refractivity contribution >= 4 is 11.9 Å². The van der Waals surface area contributed by atoms with Crippen LogP contribution in [-0.2, 0) is 14.3 Å². The number of carboxylic acid groups (broad SMARTS) is 1. The highest BCUT2D eigenvalue weighted by atomic mass is 16.5. The molecule has 0 heterocycles. The topological polar surface area (TPSA) is 66.8 Å². The van der Waals surface area contributed by atoms with Gasteiger partial charge in [-0.2, -0.15) is 0 Å². The second kappa shape index (κ2) is 7.36. The highest BCUT2D eigenvalue weighted by molar-refractivity contribution is 5.79. The van der Waals surface area contributed by atoms with E-state index in [1.165, 1.54) is 0 Å². The van der Waals surface area contributed by atoms with Crippen LogP contribution >= 0.6 is 0 Å². The number of carbonyl (C=O) groups excluding carboxylic acids is 1. The number of hydrogen-bond donors (Lipinski definition) is 1. The van der Waals surface area contributed by atoms with Crippen LogP contribution in [0, 0.1) is 5.92 Å². The molecule has 5 heteroatoms. The van der Waals surface area contributed by atoms with Crippen molar-refractivity contribution in [3.8, 4) is 0 Å². The third kappa shape index (κ3) is 5.04. The summed E-state index contributed by atoms with van der Waals surface area (Å²) in [6.07, 6.45) is 3.94. The number of nitrogens with zero attached hydrogens (tertiary/aromatic N) is 1. The molecule has 0 saturated heterocycles. The number of hydrogen-bond acceptors (Lipinski definition) is 3. The Morgan fingerprint density at radius 2 is 2.11 bits per heavy atom. The lowest BCUT2D eigenvalue weighted by Crippen LogP contribution is -2.40. The Morgan fingerprint density at radius 1 is 1.44 bits per heavy atom. The molecular formula is C13H23NO4. The summed E-state index contributed by atoms with van der Waals surface area (Å²) in [5.74, 6) is -1.47. The van der Waals surface area contributed by atoms with E-state index < -0.39 is 11.9 Å². The molecule has 1 atom stereocenters. The summed E-state index contributed by atoms with van der Waals surface area (Å²) in [6, 6.07) is 0.231. The Kier molecular flexibility index (Phi) is 6.12. The lowest BCUT2D eigenvalue weighted by Gasteiger charge is -2.24. The SMILES string of the molecule is CCCCOCC(=O)N(CC(C)C(=O)O)C1CC1. The van der Waals surface area contributed by atoms with Crippen LogP contribution in [-0.4, -0.2) is 47.7 Å². The van der Waals surface area contributed by atoms with Gasteiger partial charge in [-0.25, -0.2) is 0 Å². The average molecular weight is 257 g/mol. The summed E-state index contributed by atoms with van der Waals surface area (Å²) in [4.78, 5) is 24.5. The van der Waals surface area contributed by atoms with E-state index in [1.54, 1.807) is 11.8 Å². The maximum atomic E-state index is 12.0. The molecular weight excluding hydrogens is 234 g/mol. The first-order valence-corrected chi connectivity index (χ1v) is 6.66. The number of ether oxygens (including phenoxy) is 1. The Hall–Kier alpha value is -1.10. The molecule has 1 fully saturated rings. The highest BCUT2D eigenvalue weighted by Crippen LogP contribution is 2.27. The molecule has 1 N–H and O–H groups in total. The lowest BCUT2D eigenvalue weighted by molar-refractivity contribution is -0.144. The van der Waals surface area contributed by atoms with E-state index in [1.807, 2.05) is 0 Å². The summed E-state index contributed by atoms with van der Waals surface area (Å²) in [7, 11) is 0. The van der Waals surface area contributed by atoms with Crippen LogP contribution < -0.4 is 0 Å². The maximum absolute atomic E-state index is 12.0. The standard InChI is InChI=1S/C13H23NO4/c1-3-4-7-18-9-12(15)14(11-5-6-11)8-10(2)13(16)17/h10-11H,3-9H2,1-2H3,(H,16,17). The summed E-state index contributed by atoms with van der Waals surface area (Å²) >= 11 is 0.